The van der Waals surface area contributed by atoms with Gasteiger partial charge in [-0.15, -0.1) is 0 Å². The van der Waals surface area contributed by atoms with Crippen LogP contribution in [0.3, 0.4) is 0 Å². The van der Waals surface area contributed by atoms with Crippen molar-refractivity contribution in [1.82, 2.24) is 9.21 Å². The van der Waals surface area contributed by atoms with E-state index in [4.69, 9.17) is 9.47 Å². The SMILES string of the molecule is O=S(=O)(c1ccc2c(c1)CCC2)N1CCN(C[C@@H](O)COC[C@H]2CCCO2)CC1. The average molecular weight is 425 g/mol. The molecular weight excluding hydrogens is 392 g/mol. The van der Waals surface area contributed by atoms with E-state index >= 15 is 0 Å². The molecule has 2 saturated heterocycles. The molecular formula is C21H32N2O5S. The molecule has 2 aliphatic heterocycles. The second-order valence-electron chi connectivity index (χ2n) is 8.32. The highest BCUT2D eigenvalue weighted by atomic mass is 32.2. The van der Waals surface area contributed by atoms with Crippen LogP contribution in [0.5, 0.6) is 0 Å². The van der Waals surface area contributed by atoms with Crippen molar-refractivity contribution in [2.24, 2.45) is 0 Å². The van der Waals surface area contributed by atoms with Crippen molar-refractivity contribution in [3.63, 3.8) is 0 Å². The van der Waals surface area contributed by atoms with Gasteiger partial charge in [0.05, 0.1) is 30.3 Å². The molecule has 0 amide bonds. The van der Waals surface area contributed by atoms with Crippen LogP contribution in [0.1, 0.15) is 30.4 Å². The predicted molar refractivity (Wildman–Crippen MR) is 109 cm³/mol. The van der Waals surface area contributed by atoms with Crippen LogP contribution in [0.2, 0.25) is 0 Å². The fourth-order valence-corrected chi connectivity index (χ4v) is 5.95. The minimum absolute atomic E-state index is 0.162. The second-order valence-corrected chi connectivity index (χ2v) is 10.3. The van der Waals surface area contributed by atoms with Crippen LogP contribution >= 0.6 is 0 Å². The summed E-state index contributed by atoms with van der Waals surface area (Å²) in [5.41, 5.74) is 2.46. The second kappa shape index (κ2) is 9.41. The number of sulfonamides is 1. The van der Waals surface area contributed by atoms with Gasteiger partial charge in [0, 0.05) is 39.3 Å². The average Bonchev–Trinajstić information content (AvgIpc) is 3.39. The first-order valence-corrected chi connectivity index (χ1v) is 12.2. The molecule has 0 saturated carbocycles. The van der Waals surface area contributed by atoms with Gasteiger partial charge in [0.25, 0.3) is 0 Å². The van der Waals surface area contributed by atoms with Crippen LogP contribution in [0.25, 0.3) is 0 Å². The third kappa shape index (κ3) is 5.18. The van der Waals surface area contributed by atoms with Gasteiger partial charge < -0.3 is 14.6 Å². The van der Waals surface area contributed by atoms with Crippen LogP contribution < -0.4 is 0 Å². The maximum absolute atomic E-state index is 13.0. The Hall–Kier alpha value is -1.03. The maximum atomic E-state index is 13.0. The fraction of sp³-hybridized carbons (Fsp3) is 0.714. The lowest BCUT2D eigenvalue weighted by molar-refractivity contribution is -0.0270. The number of fused-ring (bicyclic) bond motifs is 1. The van der Waals surface area contributed by atoms with Gasteiger partial charge in [-0.2, -0.15) is 4.31 Å². The number of aliphatic hydroxyl groups excluding tert-OH is 1. The van der Waals surface area contributed by atoms with Gasteiger partial charge >= 0.3 is 0 Å². The summed E-state index contributed by atoms with van der Waals surface area (Å²) in [6.45, 7) is 4.25. The number of benzene rings is 1. The summed E-state index contributed by atoms with van der Waals surface area (Å²) >= 11 is 0. The van der Waals surface area contributed by atoms with E-state index < -0.39 is 16.1 Å². The largest absolute Gasteiger partial charge is 0.389 e. The molecule has 2 atom stereocenters. The Balaban J connectivity index is 1.23. The van der Waals surface area contributed by atoms with Gasteiger partial charge in [0.2, 0.25) is 10.0 Å². The lowest BCUT2D eigenvalue weighted by Gasteiger charge is -2.35. The Bertz CT molecular complexity index is 786. The third-order valence-corrected chi connectivity index (χ3v) is 8.04. The molecule has 162 valence electrons. The van der Waals surface area contributed by atoms with E-state index in [2.05, 4.69) is 4.90 Å². The maximum Gasteiger partial charge on any atom is 0.243 e. The van der Waals surface area contributed by atoms with E-state index in [0.29, 0.717) is 44.2 Å². The number of hydrogen-bond acceptors (Lipinski definition) is 6. The number of ether oxygens (including phenoxy) is 2. The molecule has 1 aromatic rings. The number of piperazine rings is 1. The Kier molecular flexibility index (Phi) is 6.88. The van der Waals surface area contributed by atoms with Gasteiger partial charge in [0.15, 0.2) is 0 Å². The summed E-state index contributed by atoms with van der Waals surface area (Å²) in [5, 5.41) is 10.2. The zero-order valence-corrected chi connectivity index (χ0v) is 17.8. The number of rotatable bonds is 8. The van der Waals surface area contributed by atoms with E-state index in [9.17, 15) is 13.5 Å². The minimum atomic E-state index is -3.45. The van der Waals surface area contributed by atoms with Crippen LogP contribution in [0.4, 0.5) is 0 Å². The van der Waals surface area contributed by atoms with E-state index in [1.165, 1.54) is 11.1 Å². The van der Waals surface area contributed by atoms with Crippen LogP contribution in [0, 0.1) is 0 Å². The first-order chi connectivity index (χ1) is 14.0. The summed E-state index contributed by atoms with van der Waals surface area (Å²) in [7, 11) is -3.45. The first kappa shape index (κ1) is 21.2. The van der Waals surface area contributed by atoms with Crippen molar-refractivity contribution in [3.05, 3.63) is 29.3 Å². The van der Waals surface area contributed by atoms with Gasteiger partial charge in [-0.1, -0.05) is 6.07 Å². The zero-order valence-electron chi connectivity index (χ0n) is 17.0. The van der Waals surface area contributed by atoms with E-state index in [-0.39, 0.29) is 12.7 Å². The Labute approximate surface area is 173 Å². The number of β-amino-alcohol motifs (C(OH)–C–C–N with tert-alkyl or cyclic N) is 1. The van der Waals surface area contributed by atoms with Crippen molar-refractivity contribution in [2.75, 3.05) is 52.5 Å². The Morgan fingerprint density at radius 2 is 1.93 bits per heavy atom. The van der Waals surface area contributed by atoms with Gasteiger partial charge in [-0.3, -0.25) is 4.90 Å². The molecule has 2 fully saturated rings. The van der Waals surface area contributed by atoms with Crippen molar-refractivity contribution in [2.45, 2.75) is 49.2 Å². The van der Waals surface area contributed by atoms with Gasteiger partial charge in [-0.05, 0) is 55.4 Å². The van der Waals surface area contributed by atoms with Crippen molar-refractivity contribution >= 4 is 10.0 Å². The molecule has 0 radical (unpaired) electrons. The molecule has 0 unspecified atom stereocenters. The molecule has 0 spiro atoms. The lowest BCUT2D eigenvalue weighted by Crippen LogP contribution is -2.50. The van der Waals surface area contributed by atoms with Gasteiger partial charge in [0.1, 0.15) is 0 Å². The molecule has 7 nitrogen and oxygen atoms in total. The lowest BCUT2D eigenvalue weighted by atomic mass is 10.1. The van der Waals surface area contributed by atoms with Crippen LogP contribution in [-0.2, 0) is 32.3 Å². The summed E-state index contributed by atoms with van der Waals surface area (Å²) in [5.74, 6) is 0. The summed E-state index contributed by atoms with van der Waals surface area (Å²) in [6.07, 6.45) is 4.82. The molecule has 1 aliphatic carbocycles. The molecule has 3 aliphatic rings. The highest BCUT2D eigenvalue weighted by Crippen LogP contribution is 2.26. The van der Waals surface area contributed by atoms with Crippen molar-refractivity contribution < 1.29 is 23.0 Å². The normalized spacial score (nSPS) is 24.7. The molecule has 8 heteroatoms. The third-order valence-electron chi connectivity index (χ3n) is 6.15. The molecule has 0 aromatic heterocycles. The van der Waals surface area contributed by atoms with Crippen molar-refractivity contribution in [3.8, 4) is 0 Å². The first-order valence-electron chi connectivity index (χ1n) is 10.7. The van der Waals surface area contributed by atoms with Crippen LogP contribution in [0.15, 0.2) is 23.1 Å². The fourth-order valence-electron chi connectivity index (χ4n) is 4.47. The standard InChI is InChI=1S/C21H32N2O5S/c24-19(15-27-16-20-5-2-12-28-20)14-22-8-10-23(11-9-22)29(25,26)21-7-6-17-3-1-4-18(17)13-21/h6-7,13,19-20,24H,1-5,8-12,14-16H2/t19-,20-/m1/s1. The van der Waals surface area contributed by atoms with E-state index in [1.807, 2.05) is 12.1 Å². The molecule has 29 heavy (non-hydrogen) atoms. The monoisotopic (exact) mass is 424 g/mol. The van der Waals surface area contributed by atoms with Crippen molar-refractivity contribution in [1.29, 1.82) is 0 Å². The Morgan fingerprint density at radius 1 is 1.14 bits per heavy atom. The number of aliphatic hydroxyl groups is 1. The van der Waals surface area contributed by atoms with E-state index in [0.717, 1.165) is 38.7 Å². The predicted octanol–water partition coefficient (Wildman–Crippen LogP) is 1.04. The molecule has 1 aromatic carbocycles. The summed E-state index contributed by atoms with van der Waals surface area (Å²) in [6, 6.07) is 5.58. The summed E-state index contributed by atoms with van der Waals surface area (Å²) < 4.78 is 38.7. The quantitative estimate of drug-likeness (QED) is 0.672. The summed E-state index contributed by atoms with van der Waals surface area (Å²) in [4.78, 5) is 2.52. The highest BCUT2D eigenvalue weighted by Gasteiger charge is 2.30. The molecule has 4 rings (SSSR count). The highest BCUT2D eigenvalue weighted by molar-refractivity contribution is 7.89. The van der Waals surface area contributed by atoms with Crippen LogP contribution in [-0.4, -0.2) is 87.5 Å². The molecule has 0 bridgehead atoms. The zero-order chi connectivity index (χ0) is 20.3. The topological polar surface area (TPSA) is 79.3 Å². The number of hydrogen-bond donors (Lipinski definition) is 1. The van der Waals surface area contributed by atoms with E-state index in [1.54, 1.807) is 10.4 Å². The number of nitrogens with zero attached hydrogens (tertiary/aromatic N) is 2. The van der Waals surface area contributed by atoms with Gasteiger partial charge in [-0.25, -0.2) is 8.42 Å². The minimum Gasteiger partial charge on any atom is -0.389 e. The smallest absolute Gasteiger partial charge is 0.243 e. The Morgan fingerprint density at radius 3 is 2.69 bits per heavy atom. The molecule has 2 heterocycles. The number of aryl methyl sites for hydroxylation is 2. The molecule has 1 N–H and O–H groups in total.